The Morgan fingerprint density at radius 1 is 0.780 bits per heavy atom. The smallest absolute Gasteiger partial charge is 1.00 e. The largest absolute Gasteiger partial charge is 1.00 e. The predicted octanol–water partition coefficient (Wildman–Crippen LogP) is 3.81. The SMILES string of the molecule is CC1=C2c3ccn(-c4ccccc4)c3C1[Si]2(C)C.CC1=Cc2c(-c3ccc(C(C)(C)C)cc3)cccc2[CH]1[Zr+2].[Cl-].[Cl-]. The van der Waals surface area contributed by atoms with Gasteiger partial charge in [-0.1, -0.05) is 42.1 Å². The summed E-state index contributed by atoms with van der Waals surface area (Å²) in [6.07, 6.45) is 4.62. The number of aromatic nitrogens is 1. The summed E-state index contributed by atoms with van der Waals surface area (Å²) in [5.41, 5.74) is 15.5. The van der Waals surface area contributed by atoms with E-state index in [0.29, 0.717) is 3.63 Å². The van der Waals surface area contributed by atoms with Crippen molar-refractivity contribution in [1.82, 2.24) is 4.57 Å². The molecule has 4 aromatic rings. The van der Waals surface area contributed by atoms with E-state index in [-0.39, 0.29) is 30.2 Å². The van der Waals surface area contributed by atoms with Crippen LogP contribution in [0.15, 0.2) is 96.2 Å². The minimum atomic E-state index is -1.17. The molecule has 0 amide bonds. The maximum atomic E-state index is 2.51. The van der Waals surface area contributed by atoms with E-state index in [1.807, 2.05) is 0 Å². The third-order valence-corrected chi connectivity index (χ3v) is 15.0. The maximum Gasteiger partial charge on any atom is -1.00 e. The quantitative estimate of drug-likeness (QED) is 0.286. The van der Waals surface area contributed by atoms with E-state index in [4.69, 9.17) is 0 Å². The molecule has 1 nitrogen and oxygen atoms in total. The molecule has 0 saturated heterocycles. The molecular weight excluding hydrogens is 637 g/mol. The van der Waals surface area contributed by atoms with Gasteiger partial charge in [0.15, 0.2) is 0 Å². The van der Waals surface area contributed by atoms with Crippen LogP contribution in [0.4, 0.5) is 0 Å². The molecule has 2 unspecified atom stereocenters. The monoisotopic (exact) mass is 672 g/mol. The average Bonchev–Trinajstić information content (AvgIpc) is 3.60. The van der Waals surface area contributed by atoms with Crippen LogP contribution in [-0.2, 0) is 30.1 Å². The van der Waals surface area contributed by atoms with Crippen LogP contribution in [0.25, 0.3) is 28.1 Å². The second-order valence-electron chi connectivity index (χ2n) is 13.0. The molecule has 1 aromatic heterocycles. The fourth-order valence-electron chi connectivity index (χ4n) is 7.08. The first-order valence-electron chi connectivity index (χ1n) is 14.1. The molecule has 2 aliphatic heterocycles. The zero-order chi connectivity index (χ0) is 27.7. The molecule has 41 heavy (non-hydrogen) atoms. The summed E-state index contributed by atoms with van der Waals surface area (Å²) in [5, 5.41) is 1.72. The summed E-state index contributed by atoms with van der Waals surface area (Å²) >= 11 is 1.58. The first kappa shape index (κ1) is 32.0. The molecule has 0 fully saturated rings. The molecule has 3 heterocycles. The topological polar surface area (TPSA) is 4.93 Å². The summed E-state index contributed by atoms with van der Waals surface area (Å²) in [6, 6.07) is 28.9. The normalized spacial score (nSPS) is 19.1. The van der Waals surface area contributed by atoms with E-state index in [1.165, 1.54) is 44.6 Å². The van der Waals surface area contributed by atoms with E-state index >= 15 is 0 Å². The number of para-hydroxylation sites is 1. The Balaban J connectivity index is 0.000000182. The van der Waals surface area contributed by atoms with Crippen LogP contribution in [-0.4, -0.2) is 12.6 Å². The number of rotatable bonds is 2. The number of fused-ring (bicyclic) bond motifs is 1. The van der Waals surface area contributed by atoms with Crippen molar-refractivity contribution in [1.29, 1.82) is 0 Å². The molecule has 8 rings (SSSR count). The Kier molecular flexibility index (Phi) is 9.10. The number of hydrogen-bond donors (Lipinski definition) is 0. The Morgan fingerprint density at radius 2 is 1.44 bits per heavy atom. The van der Waals surface area contributed by atoms with Gasteiger partial charge in [0.25, 0.3) is 0 Å². The fraction of sp³-hybridized carbons (Fsp3) is 0.278. The van der Waals surface area contributed by atoms with Gasteiger partial charge in [-0.25, -0.2) is 0 Å². The number of hydrogen-bond acceptors (Lipinski definition) is 0. The van der Waals surface area contributed by atoms with Crippen molar-refractivity contribution < 1.29 is 49.5 Å². The third kappa shape index (κ3) is 5.27. The Bertz CT molecular complexity index is 1640. The van der Waals surface area contributed by atoms with E-state index < -0.39 is 8.07 Å². The Morgan fingerprint density at radius 3 is 2.05 bits per heavy atom. The summed E-state index contributed by atoms with van der Waals surface area (Å²) < 4.78 is 3.04. The summed E-state index contributed by atoms with van der Waals surface area (Å²) in [4.78, 5) is 0. The summed E-state index contributed by atoms with van der Waals surface area (Å²) in [7, 11) is -1.17. The Labute approximate surface area is 274 Å². The minimum absolute atomic E-state index is 0. The van der Waals surface area contributed by atoms with Gasteiger partial charge in [-0.15, -0.1) is 0 Å². The fourth-order valence-corrected chi connectivity index (χ4v) is 12.2. The van der Waals surface area contributed by atoms with Gasteiger partial charge in [0.1, 0.15) is 0 Å². The number of nitrogens with zero attached hydrogens (tertiary/aromatic N) is 1. The first-order chi connectivity index (χ1) is 18.5. The molecule has 0 radical (unpaired) electrons. The second-order valence-corrected chi connectivity index (χ2v) is 18.9. The molecule has 209 valence electrons. The van der Waals surface area contributed by atoms with Crippen molar-refractivity contribution in [2.24, 2.45) is 0 Å². The van der Waals surface area contributed by atoms with Crippen LogP contribution >= 0.6 is 0 Å². The van der Waals surface area contributed by atoms with Crippen molar-refractivity contribution in [2.75, 3.05) is 0 Å². The molecule has 2 atom stereocenters. The van der Waals surface area contributed by atoms with Crippen LogP contribution in [0, 0.1) is 0 Å². The third-order valence-electron chi connectivity index (χ3n) is 9.04. The summed E-state index contributed by atoms with van der Waals surface area (Å²) in [5.74, 6) is 0. The van der Waals surface area contributed by atoms with Crippen molar-refractivity contribution >= 4 is 19.3 Å². The Hall–Kier alpha value is -1.90. The number of allylic oxidation sites excluding steroid dienone is 2. The van der Waals surface area contributed by atoms with Crippen LogP contribution in [0.2, 0.25) is 13.1 Å². The second kappa shape index (κ2) is 11.6. The van der Waals surface area contributed by atoms with Gasteiger partial charge in [-0.3, -0.25) is 0 Å². The van der Waals surface area contributed by atoms with Gasteiger partial charge < -0.3 is 29.4 Å². The van der Waals surface area contributed by atoms with Gasteiger partial charge in [-0.2, -0.15) is 0 Å². The zero-order valence-electron chi connectivity index (χ0n) is 25.0. The molecule has 2 aliphatic carbocycles. The first-order valence-corrected chi connectivity index (χ1v) is 18.6. The standard InChI is InChI=1S/C20H21.C16H17NSi.2ClH.Zr/c1-14-12-16-6-5-7-18(19(16)13-14)15-8-10-17(11-9-15)20(2,3)4;1-11-15-13-9-10-17(12-7-5-4-6-8-12)14(13)16(11)18(15,2)3;;;/h5-13H,1-4H3;4-10,16H,1-3H3;2*1H;/q;;;;+2/p-2. The average molecular weight is 675 g/mol. The number of halogens is 2. The van der Waals surface area contributed by atoms with Crippen molar-refractivity contribution in [3.8, 4) is 16.8 Å². The van der Waals surface area contributed by atoms with Gasteiger partial charge >= 0.3 is 143 Å². The minimum Gasteiger partial charge on any atom is -1.00 e. The molecule has 2 bridgehead atoms. The van der Waals surface area contributed by atoms with Crippen LogP contribution in [0.1, 0.15) is 71.7 Å². The molecule has 0 spiro atoms. The number of benzene rings is 3. The molecule has 4 aliphatic rings. The zero-order valence-corrected chi connectivity index (χ0v) is 30.0. The van der Waals surface area contributed by atoms with Crippen LogP contribution in [0.3, 0.4) is 0 Å². The van der Waals surface area contributed by atoms with Gasteiger partial charge in [0.05, 0.1) is 8.07 Å². The van der Waals surface area contributed by atoms with E-state index in [9.17, 15) is 0 Å². The van der Waals surface area contributed by atoms with E-state index in [1.54, 1.807) is 41.2 Å². The van der Waals surface area contributed by atoms with Crippen molar-refractivity contribution in [3.63, 3.8) is 0 Å². The van der Waals surface area contributed by atoms with Crippen molar-refractivity contribution in [3.05, 3.63) is 124 Å². The molecule has 5 heteroatoms. The van der Waals surface area contributed by atoms with E-state index in [2.05, 4.69) is 143 Å². The van der Waals surface area contributed by atoms with Crippen molar-refractivity contribution in [2.45, 2.75) is 62.3 Å². The van der Waals surface area contributed by atoms with Gasteiger partial charge in [0.2, 0.25) is 0 Å². The van der Waals surface area contributed by atoms with Crippen LogP contribution in [0.5, 0.6) is 0 Å². The van der Waals surface area contributed by atoms with Crippen LogP contribution < -0.4 is 24.8 Å². The van der Waals surface area contributed by atoms with Gasteiger partial charge in [-0.05, 0) is 30.7 Å². The molecule has 3 aromatic carbocycles. The maximum absolute atomic E-state index is 2.51. The molecule has 0 N–H and O–H groups in total. The summed E-state index contributed by atoms with van der Waals surface area (Å²) in [6.45, 7) is 16.4. The predicted molar refractivity (Wildman–Crippen MR) is 166 cm³/mol. The van der Waals surface area contributed by atoms with E-state index in [0.717, 1.165) is 5.54 Å². The molecule has 0 saturated carbocycles. The van der Waals surface area contributed by atoms with Gasteiger partial charge in [0, 0.05) is 23.1 Å². The molecular formula is C36H38Cl2NSiZr.